The van der Waals surface area contributed by atoms with Crippen LogP contribution in [-0.4, -0.2) is 43.0 Å². The van der Waals surface area contributed by atoms with Gasteiger partial charge < -0.3 is 10.1 Å². The van der Waals surface area contributed by atoms with E-state index >= 15 is 0 Å². The fourth-order valence-electron chi connectivity index (χ4n) is 2.97. The van der Waals surface area contributed by atoms with E-state index in [1.807, 2.05) is 25.1 Å². The van der Waals surface area contributed by atoms with Gasteiger partial charge in [-0.1, -0.05) is 6.92 Å². The molecule has 2 aliphatic rings. The first-order valence-electron chi connectivity index (χ1n) is 7.92. The molecule has 1 atom stereocenters. The van der Waals surface area contributed by atoms with Gasteiger partial charge in [-0.2, -0.15) is 0 Å². The van der Waals surface area contributed by atoms with Crippen molar-refractivity contribution in [2.24, 2.45) is 5.92 Å². The van der Waals surface area contributed by atoms with E-state index in [1.54, 1.807) is 0 Å². The van der Waals surface area contributed by atoms with Gasteiger partial charge in [0.15, 0.2) is 5.78 Å². The Bertz CT molecular complexity index is 522. The molecule has 1 N–H and O–H groups in total. The average Bonchev–Trinajstić information content (AvgIpc) is 2.49. The highest BCUT2D eigenvalue weighted by Crippen LogP contribution is 2.30. The number of ketones is 1. The number of likely N-dealkylation sites (tertiary alicyclic amines) is 1. The molecule has 0 aromatic heterocycles. The number of ether oxygens (including phenoxy) is 1. The molecule has 114 valence electrons. The summed E-state index contributed by atoms with van der Waals surface area (Å²) in [5.74, 6) is 1.84. The fraction of sp³-hybridized carbons (Fsp3) is 0.588. The maximum absolute atomic E-state index is 12.4. The average molecular weight is 288 g/mol. The molecule has 0 spiro atoms. The van der Waals surface area contributed by atoms with Crippen molar-refractivity contribution in [2.45, 2.75) is 32.8 Å². The second-order valence-electron chi connectivity index (χ2n) is 6.40. The Morgan fingerprint density at radius 2 is 2.10 bits per heavy atom. The SMILES string of the molecule is CC1CCN(CC(=O)c2ccc3c(c2)NCC(C)O3)CC1. The summed E-state index contributed by atoms with van der Waals surface area (Å²) in [5.41, 5.74) is 1.71. The molecule has 1 unspecified atom stereocenters. The van der Waals surface area contributed by atoms with E-state index in [9.17, 15) is 4.79 Å². The number of hydrogen-bond donors (Lipinski definition) is 1. The lowest BCUT2D eigenvalue weighted by Crippen LogP contribution is -2.36. The molecule has 4 heteroatoms. The molecular weight excluding hydrogens is 264 g/mol. The van der Waals surface area contributed by atoms with E-state index < -0.39 is 0 Å². The second-order valence-corrected chi connectivity index (χ2v) is 6.40. The molecule has 21 heavy (non-hydrogen) atoms. The Balaban J connectivity index is 1.65. The number of benzene rings is 1. The topological polar surface area (TPSA) is 41.6 Å². The molecule has 1 aromatic carbocycles. The van der Waals surface area contributed by atoms with Crippen LogP contribution >= 0.6 is 0 Å². The smallest absolute Gasteiger partial charge is 0.176 e. The highest BCUT2D eigenvalue weighted by Gasteiger charge is 2.21. The predicted molar refractivity (Wildman–Crippen MR) is 84.2 cm³/mol. The summed E-state index contributed by atoms with van der Waals surface area (Å²) in [7, 11) is 0. The van der Waals surface area contributed by atoms with Crippen molar-refractivity contribution < 1.29 is 9.53 Å². The first-order chi connectivity index (χ1) is 10.1. The minimum absolute atomic E-state index is 0.175. The van der Waals surface area contributed by atoms with Gasteiger partial charge in [-0.25, -0.2) is 0 Å². The molecule has 0 aliphatic carbocycles. The van der Waals surface area contributed by atoms with Crippen LogP contribution in [0.5, 0.6) is 5.75 Å². The molecule has 0 amide bonds. The van der Waals surface area contributed by atoms with Gasteiger partial charge in [-0.3, -0.25) is 9.69 Å². The summed E-state index contributed by atoms with van der Waals surface area (Å²) >= 11 is 0. The van der Waals surface area contributed by atoms with Gasteiger partial charge in [-0.15, -0.1) is 0 Å². The predicted octanol–water partition coefficient (Wildman–Crippen LogP) is 2.79. The summed E-state index contributed by atoms with van der Waals surface area (Å²) in [5, 5.41) is 3.33. The standard InChI is InChI=1S/C17H24N2O2/c1-12-5-7-19(8-6-12)11-16(20)14-3-4-17-15(9-14)18-10-13(2)21-17/h3-4,9,12-13,18H,5-8,10-11H2,1-2H3. The van der Waals surface area contributed by atoms with Gasteiger partial charge >= 0.3 is 0 Å². The molecule has 1 saturated heterocycles. The van der Waals surface area contributed by atoms with Crippen LogP contribution < -0.4 is 10.1 Å². The Kier molecular flexibility index (Phi) is 4.15. The lowest BCUT2D eigenvalue weighted by Gasteiger charge is -2.29. The zero-order chi connectivity index (χ0) is 14.8. The minimum atomic E-state index is 0.175. The van der Waals surface area contributed by atoms with Gasteiger partial charge in [0.25, 0.3) is 0 Å². The zero-order valence-electron chi connectivity index (χ0n) is 12.9. The molecule has 3 rings (SSSR count). The van der Waals surface area contributed by atoms with E-state index in [0.717, 1.165) is 42.6 Å². The number of Topliss-reactive ketones (excluding diaryl/α,β-unsaturated/α-hetero) is 1. The summed E-state index contributed by atoms with van der Waals surface area (Å²) in [6.07, 6.45) is 2.57. The first kappa shape index (κ1) is 14.4. The number of carbonyl (C=O) groups excluding carboxylic acids is 1. The number of carbonyl (C=O) groups is 1. The molecule has 1 aromatic rings. The van der Waals surface area contributed by atoms with Crippen LogP contribution in [0.25, 0.3) is 0 Å². The largest absolute Gasteiger partial charge is 0.487 e. The molecular formula is C17H24N2O2. The number of rotatable bonds is 3. The highest BCUT2D eigenvalue weighted by atomic mass is 16.5. The van der Waals surface area contributed by atoms with Crippen LogP contribution in [0, 0.1) is 5.92 Å². The van der Waals surface area contributed by atoms with Crippen molar-refractivity contribution in [2.75, 3.05) is 31.5 Å². The van der Waals surface area contributed by atoms with Gasteiger partial charge in [0.1, 0.15) is 11.9 Å². The summed E-state index contributed by atoms with van der Waals surface area (Å²) in [4.78, 5) is 14.7. The van der Waals surface area contributed by atoms with Crippen LogP contribution in [0.1, 0.15) is 37.0 Å². The Labute approximate surface area is 126 Å². The van der Waals surface area contributed by atoms with Crippen LogP contribution in [0.15, 0.2) is 18.2 Å². The number of fused-ring (bicyclic) bond motifs is 1. The molecule has 0 radical (unpaired) electrons. The van der Waals surface area contributed by atoms with Crippen LogP contribution in [0.2, 0.25) is 0 Å². The number of nitrogens with zero attached hydrogens (tertiary/aromatic N) is 1. The summed E-state index contributed by atoms with van der Waals surface area (Å²) in [6, 6.07) is 5.72. The van der Waals surface area contributed by atoms with Crippen molar-refractivity contribution in [1.29, 1.82) is 0 Å². The monoisotopic (exact) mass is 288 g/mol. The Morgan fingerprint density at radius 1 is 1.33 bits per heavy atom. The first-order valence-corrected chi connectivity index (χ1v) is 7.92. The number of hydrogen-bond acceptors (Lipinski definition) is 4. The van der Waals surface area contributed by atoms with E-state index in [2.05, 4.69) is 17.1 Å². The van der Waals surface area contributed by atoms with Crippen LogP contribution in [0.4, 0.5) is 5.69 Å². The number of piperidine rings is 1. The third kappa shape index (κ3) is 3.38. The molecule has 0 saturated carbocycles. The maximum atomic E-state index is 12.4. The lowest BCUT2D eigenvalue weighted by atomic mass is 9.98. The molecule has 4 nitrogen and oxygen atoms in total. The van der Waals surface area contributed by atoms with Gasteiger partial charge in [0.05, 0.1) is 18.8 Å². The van der Waals surface area contributed by atoms with Crippen molar-refractivity contribution in [3.63, 3.8) is 0 Å². The van der Waals surface area contributed by atoms with E-state index in [0.29, 0.717) is 6.54 Å². The fourth-order valence-corrected chi connectivity index (χ4v) is 2.97. The van der Waals surface area contributed by atoms with Gasteiger partial charge in [0.2, 0.25) is 0 Å². The van der Waals surface area contributed by atoms with Crippen molar-refractivity contribution in [1.82, 2.24) is 4.90 Å². The number of nitrogens with one attached hydrogen (secondary N) is 1. The molecule has 2 heterocycles. The van der Waals surface area contributed by atoms with Crippen molar-refractivity contribution in [3.8, 4) is 5.75 Å². The van der Waals surface area contributed by atoms with Gasteiger partial charge in [-0.05, 0) is 57.0 Å². The third-order valence-electron chi connectivity index (χ3n) is 4.45. The van der Waals surface area contributed by atoms with Crippen molar-refractivity contribution in [3.05, 3.63) is 23.8 Å². The Morgan fingerprint density at radius 3 is 2.86 bits per heavy atom. The zero-order valence-corrected chi connectivity index (χ0v) is 12.9. The lowest BCUT2D eigenvalue weighted by molar-refractivity contribution is 0.0900. The maximum Gasteiger partial charge on any atom is 0.176 e. The summed E-state index contributed by atoms with van der Waals surface area (Å²) in [6.45, 7) is 7.71. The quantitative estimate of drug-likeness (QED) is 0.868. The van der Waals surface area contributed by atoms with Gasteiger partial charge in [0, 0.05) is 5.56 Å². The second kappa shape index (κ2) is 6.06. The molecule has 1 fully saturated rings. The van der Waals surface area contributed by atoms with E-state index in [1.165, 1.54) is 12.8 Å². The molecule has 0 bridgehead atoms. The minimum Gasteiger partial charge on any atom is -0.487 e. The van der Waals surface area contributed by atoms with Crippen molar-refractivity contribution >= 4 is 11.5 Å². The summed E-state index contributed by atoms with van der Waals surface area (Å²) < 4.78 is 5.74. The third-order valence-corrected chi connectivity index (χ3v) is 4.45. The highest BCUT2D eigenvalue weighted by molar-refractivity contribution is 5.98. The van der Waals surface area contributed by atoms with E-state index in [4.69, 9.17) is 4.74 Å². The van der Waals surface area contributed by atoms with E-state index in [-0.39, 0.29) is 11.9 Å². The number of anilines is 1. The van der Waals surface area contributed by atoms with Crippen LogP contribution in [-0.2, 0) is 0 Å². The van der Waals surface area contributed by atoms with Crippen LogP contribution in [0.3, 0.4) is 0 Å². The Hall–Kier alpha value is -1.55. The molecule has 2 aliphatic heterocycles. The normalized spacial score (nSPS) is 23.0.